The van der Waals surface area contributed by atoms with Gasteiger partial charge in [-0.2, -0.15) is 5.10 Å². The molecule has 0 saturated carbocycles. The van der Waals surface area contributed by atoms with Crippen molar-refractivity contribution < 1.29 is 17.9 Å². The lowest BCUT2D eigenvalue weighted by Crippen LogP contribution is -2.39. The molecule has 1 aliphatic rings. The van der Waals surface area contributed by atoms with E-state index in [1.165, 1.54) is 6.92 Å². The van der Waals surface area contributed by atoms with E-state index in [-0.39, 0.29) is 28.2 Å². The van der Waals surface area contributed by atoms with Crippen molar-refractivity contribution in [2.45, 2.75) is 31.2 Å². The Balaban J connectivity index is 2.18. The third-order valence-electron chi connectivity index (χ3n) is 3.38. The summed E-state index contributed by atoms with van der Waals surface area (Å²) in [4.78, 5) is 11.9. The number of carbonyl (C=O) groups is 1. The number of hydrogen-bond donors (Lipinski definition) is 2. The quantitative estimate of drug-likeness (QED) is 0.799. The number of rotatable bonds is 4. The van der Waals surface area contributed by atoms with Crippen molar-refractivity contribution in [1.82, 2.24) is 15.5 Å². The molecule has 112 valence electrons. The van der Waals surface area contributed by atoms with Crippen molar-refractivity contribution in [2.24, 2.45) is 5.92 Å². The van der Waals surface area contributed by atoms with Gasteiger partial charge in [0.25, 0.3) is 15.0 Å². The first kappa shape index (κ1) is 15.3. The van der Waals surface area contributed by atoms with Crippen LogP contribution in [0.2, 0.25) is 0 Å². The molecule has 2 heterocycles. The molecule has 1 amide bonds. The van der Waals surface area contributed by atoms with Gasteiger partial charge in [-0.1, -0.05) is 0 Å². The summed E-state index contributed by atoms with van der Waals surface area (Å²) >= 11 is 0. The Bertz CT molecular complexity index is 607. The fourth-order valence-corrected chi connectivity index (χ4v) is 3.56. The first-order valence-electron chi connectivity index (χ1n) is 6.19. The van der Waals surface area contributed by atoms with E-state index >= 15 is 0 Å². The summed E-state index contributed by atoms with van der Waals surface area (Å²) in [6.45, 7) is 4.61. The van der Waals surface area contributed by atoms with E-state index in [2.05, 4.69) is 15.5 Å². The number of halogens is 1. The number of aryl methyl sites for hydroxylation is 1. The minimum absolute atomic E-state index is 0.132. The molecule has 2 rings (SSSR count). The van der Waals surface area contributed by atoms with Crippen LogP contribution in [-0.2, 0) is 13.8 Å². The van der Waals surface area contributed by atoms with Crippen molar-refractivity contribution >= 4 is 25.6 Å². The highest BCUT2D eigenvalue weighted by Crippen LogP contribution is 2.22. The molecule has 0 radical (unpaired) electrons. The molecule has 2 atom stereocenters. The summed E-state index contributed by atoms with van der Waals surface area (Å²) < 4.78 is 28.2. The van der Waals surface area contributed by atoms with E-state index < -0.39 is 15.0 Å². The zero-order chi connectivity index (χ0) is 14.9. The smallest absolute Gasteiger partial charge is 0.273 e. The number of nitrogens with zero attached hydrogens (tertiary/aromatic N) is 1. The van der Waals surface area contributed by atoms with Gasteiger partial charge in [-0.15, -0.1) is 0 Å². The first-order chi connectivity index (χ1) is 9.30. The van der Waals surface area contributed by atoms with Crippen LogP contribution in [-0.4, -0.2) is 43.8 Å². The summed E-state index contributed by atoms with van der Waals surface area (Å²) in [5.74, 6) is -0.344. The zero-order valence-electron chi connectivity index (χ0n) is 11.1. The molecule has 1 fully saturated rings. The van der Waals surface area contributed by atoms with Crippen molar-refractivity contribution in [1.29, 1.82) is 0 Å². The maximum Gasteiger partial charge on any atom is 0.273 e. The van der Waals surface area contributed by atoms with Crippen molar-refractivity contribution in [3.05, 3.63) is 11.4 Å². The minimum atomic E-state index is -4.03. The second-order valence-electron chi connectivity index (χ2n) is 4.85. The van der Waals surface area contributed by atoms with Crippen molar-refractivity contribution in [3.63, 3.8) is 0 Å². The van der Waals surface area contributed by atoms with Gasteiger partial charge in [-0.3, -0.25) is 9.89 Å². The largest absolute Gasteiger partial charge is 0.381 e. The molecule has 0 spiro atoms. The summed E-state index contributed by atoms with van der Waals surface area (Å²) in [6.07, 6.45) is 0.863. The van der Waals surface area contributed by atoms with Gasteiger partial charge in [0.1, 0.15) is 4.90 Å². The van der Waals surface area contributed by atoms with E-state index in [9.17, 15) is 13.2 Å². The third-order valence-corrected chi connectivity index (χ3v) is 4.83. The van der Waals surface area contributed by atoms with Crippen molar-refractivity contribution in [2.75, 3.05) is 13.2 Å². The second kappa shape index (κ2) is 5.71. The normalized spacial score (nSPS) is 20.9. The number of nitrogens with one attached hydrogen (secondary N) is 2. The highest BCUT2D eigenvalue weighted by Gasteiger charge is 2.29. The van der Waals surface area contributed by atoms with E-state index in [0.29, 0.717) is 13.2 Å². The fourth-order valence-electron chi connectivity index (χ4n) is 2.21. The van der Waals surface area contributed by atoms with E-state index in [1.807, 2.05) is 6.92 Å². The van der Waals surface area contributed by atoms with Gasteiger partial charge in [0.15, 0.2) is 5.69 Å². The van der Waals surface area contributed by atoms with Gasteiger partial charge < -0.3 is 10.1 Å². The summed E-state index contributed by atoms with van der Waals surface area (Å²) in [7, 11) is 1.30. The molecule has 1 aromatic heterocycles. The molecule has 1 aromatic rings. The summed E-state index contributed by atoms with van der Waals surface area (Å²) in [5, 5.41) is 8.94. The Hall–Kier alpha value is -1.12. The molecule has 7 nitrogen and oxygen atoms in total. The highest BCUT2D eigenvalue weighted by molar-refractivity contribution is 8.13. The summed E-state index contributed by atoms with van der Waals surface area (Å²) in [5.41, 5.74) is 0.0327. The van der Waals surface area contributed by atoms with Gasteiger partial charge in [-0.05, 0) is 20.3 Å². The molecule has 0 bridgehead atoms. The van der Waals surface area contributed by atoms with E-state index in [4.69, 9.17) is 15.4 Å². The predicted octanol–water partition coefficient (Wildman–Crippen LogP) is 0.800. The Morgan fingerprint density at radius 1 is 1.60 bits per heavy atom. The number of hydrogen-bond acceptors (Lipinski definition) is 5. The molecule has 2 unspecified atom stereocenters. The van der Waals surface area contributed by atoms with Crippen LogP contribution in [0.1, 0.15) is 29.5 Å². The lowest BCUT2D eigenvalue weighted by atomic mass is 10.0. The van der Waals surface area contributed by atoms with Gasteiger partial charge >= 0.3 is 0 Å². The Morgan fingerprint density at radius 3 is 2.85 bits per heavy atom. The van der Waals surface area contributed by atoms with Crippen LogP contribution >= 0.6 is 10.7 Å². The number of carbonyl (C=O) groups excluding carboxylic acids is 1. The Kier molecular flexibility index (Phi) is 4.36. The standard InChI is InChI=1S/C11H16ClN3O4S/c1-6(8-3-4-19-5-8)13-11(16)9-10(20(12,17)18)7(2)14-15-9/h6,8H,3-5H2,1-2H3,(H,13,16)(H,14,15). The van der Waals surface area contributed by atoms with Crippen LogP contribution in [0, 0.1) is 12.8 Å². The Labute approximate surface area is 121 Å². The fraction of sp³-hybridized carbons (Fsp3) is 0.636. The second-order valence-corrected chi connectivity index (χ2v) is 7.35. The van der Waals surface area contributed by atoms with E-state index in [1.54, 1.807) is 0 Å². The first-order valence-corrected chi connectivity index (χ1v) is 8.50. The molecule has 20 heavy (non-hydrogen) atoms. The maximum absolute atomic E-state index is 12.1. The number of aromatic amines is 1. The average Bonchev–Trinajstić information content (AvgIpc) is 2.95. The number of H-pyrrole nitrogens is 1. The van der Waals surface area contributed by atoms with Gasteiger partial charge in [0.05, 0.1) is 12.3 Å². The van der Waals surface area contributed by atoms with Crippen LogP contribution in [0.15, 0.2) is 4.90 Å². The van der Waals surface area contributed by atoms with Crippen LogP contribution < -0.4 is 5.32 Å². The van der Waals surface area contributed by atoms with Gasteiger partial charge in [0.2, 0.25) is 0 Å². The maximum atomic E-state index is 12.1. The van der Waals surface area contributed by atoms with Crippen LogP contribution in [0.4, 0.5) is 0 Å². The lowest BCUT2D eigenvalue weighted by Gasteiger charge is -2.18. The van der Waals surface area contributed by atoms with Gasteiger partial charge in [-0.25, -0.2) is 8.42 Å². The SMILES string of the molecule is Cc1[nH]nc(C(=O)NC(C)C2CCOC2)c1S(=O)(=O)Cl. The van der Waals surface area contributed by atoms with Crippen LogP contribution in [0.5, 0.6) is 0 Å². The minimum Gasteiger partial charge on any atom is -0.381 e. The van der Waals surface area contributed by atoms with Crippen LogP contribution in [0.3, 0.4) is 0 Å². The van der Waals surface area contributed by atoms with Gasteiger partial charge in [0, 0.05) is 29.2 Å². The molecular formula is C11H16ClN3O4S. The zero-order valence-corrected chi connectivity index (χ0v) is 12.7. The number of aromatic nitrogens is 2. The molecule has 0 aliphatic carbocycles. The molecule has 9 heteroatoms. The van der Waals surface area contributed by atoms with Crippen LogP contribution in [0.25, 0.3) is 0 Å². The summed E-state index contributed by atoms with van der Waals surface area (Å²) in [6, 6.07) is -0.132. The average molecular weight is 322 g/mol. The molecule has 0 aromatic carbocycles. The monoisotopic (exact) mass is 321 g/mol. The molecule has 1 saturated heterocycles. The third kappa shape index (κ3) is 3.13. The topological polar surface area (TPSA) is 101 Å². The molecular weight excluding hydrogens is 306 g/mol. The highest BCUT2D eigenvalue weighted by atomic mass is 35.7. The number of ether oxygens (including phenoxy) is 1. The molecule has 2 N–H and O–H groups in total. The van der Waals surface area contributed by atoms with E-state index in [0.717, 1.165) is 6.42 Å². The molecule has 1 aliphatic heterocycles. The lowest BCUT2D eigenvalue weighted by molar-refractivity contribution is 0.0913. The Morgan fingerprint density at radius 2 is 2.30 bits per heavy atom. The predicted molar refractivity (Wildman–Crippen MR) is 72.2 cm³/mol. The number of amides is 1. The van der Waals surface area contributed by atoms with Crippen molar-refractivity contribution in [3.8, 4) is 0 Å².